The summed E-state index contributed by atoms with van der Waals surface area (Å²) in [5, 5.41) is 3.00. The quantitative estimate of drug-likeness (QED) is 0.524. The first kappa shape index (κ1) is 19.8. The molecule has 152 valence electrons. The van der Waals surface area contributed by atoms with Gasteiger partial charge in [-0.2, -0.15) is 0 Å². The summed E-state index contributed by atoms with van der Waals surface area (Å²) >= 11 is 3.13. The molecule has 3 aromatic rings. The van der Waals surface area contributed by atoms with E-state index in [9.17, 15) is 4.79 Å². The van der Waals surface area contributed by atoms with Gasteiger partial charge in [0.25, 0.3) is 0 Å². The van der Waals surface area contributed by atoms with E-state index in [1.165, 1.54) is 11.3 Å². The SMILES string of the molecule is O=C(OCc1cncs1)N1CCC(CCOc2ccc(-c3nccs3)cc2)CC1. The van der Waals surface area contributed by atoms with Crippen molar-refractivity contribution in [2.75, 3.05) is 19.7 Å². The summed E-state index contributed by atoms with van der Waals surface area (Å²) in [5.74, 6) is 1.46. The van der Waals surface area contributed by atoms with Crippen LogP contribution in [-0.4, -0.2) is 40.7 Å². The molecular weight excluding hydrogens is 406 g/mol. The third-order valence-electron chi connectivity index (χ3n) is 5.02. The maximum absolute atomic E-state index is 12.2. The van der Waals surface area contributed by atoms with E-state index in [0.717, 1.165) is 53.5 Å². The normalized spacial score (nSPS) is 14.7. The standard InChI is InChI=1S/C21H23N3O3S2/c25-21(27-14-19-13-22-15-29-19)24-9-5-16(6-10-24)7-11-26-18-3-1-17(2-4-18)20-23-8-12-28-20/h1-4,8,12-13,15-16H,5-7,9-11,14H2. The Hall–Kier alpha value is -2.45. The van der Waals surface area contributed by atoms with Crippen LogP contribution in [-0.2, 0) is 11.3 Å². The molecule has 0 atom stereocenters. The maximum atomic E-state index is 12.2. The molecule has 29 heavy (non-hydrogen) atoms. The number of amides is 1. The average Bonchev–Trinajstić information content (AvgIpc) is 3.47. The lowest BCUT2D eigenvalue weighted by Crippen LogP contribution is -2.39. The third-order valence-corrected chi connectivity index (χ3v) is 6.60. The largest absolute Gasteiger partial charge is 0.494 e. The van der Waals surface area contributed by atoms with Crippen LogP contribution in [0.1, 0.15) is 24.1 Å². The minimum absolute atomic E-state index is 0.228. The van der Waals surface area contributed by atoms with E-state index in [2.05, 4.69) is 9.97 Å². The topological polar surface area (TPSA) is 64.5 Å². The predicted octanol–water partition coefficient (Wildman–Crippen LogP) is 5.08. The fourth-order valence-corrected chi connectivity index (χ4v) is 4.50. The minimum atomic E-state index is -0.228. The van der Waals surface area contributed by atoms with E-state index in [1.807, 2.05) is 35.8 Å². The predicted molar refractivity (Wildman–Crippen MR) is 114 cm³/mol. The number of carbonyl (C=O) groups excluding carboxylic acids is 1. The van der Waals surface area contributed by atoms with Crippen LogP contribution in [0.5, 0.6) is 5.75 Å². The fourth-order valence-electron chi connectivity index (χ4n) is 3.34. The molecule has 0 radical (unpaired) electrons. The van der Waals surface area contributed by atoms with E-state index in [0.29, 0.717) is 19.1 Å². The van der Waals surface area contributed by atoms with Crippen molar-refractivity contribution in [1.29, 1.82) is 0 Å². The number of hydrogen-bond acceptors (Lipinski definition) is 7. The lowest BCUT2D eigenvalue weighted by molar-refractivity contribution is 0.0807. The molecule has 0 spiro atoms. The number of aromatic nitrogens is 2. The van der Waals surface area contributed by atoms with Gasteiger partial charge in [0, 0.05) is 36.4 Å². The van der Waals surface area contributed by atoms with Gasteiger partial charge in [-0.3, -0.25) is 4.98 Å². The number of piperidine rings is 1. The monoisotopic (exact) mass is 429 g/mol. The van der Waals surface area contributed by atoms with Crippen molar-refractivity contribution in [3.05, 3.63) is 52.4 Å². The number of carbonyl (C=O) groups is 1. The molecule has 0 aliphatic carbocycles. The Morgan fingerprint density at radius 2 is 2.00 bits per heavy atom. The lowest BCUT2D eigenvalue weighted by Gasteiger charge is -2.31. The number of benzene rings is 1. The summed E-state index contributed by atoms with van der Waals surface area (Å²) in [7, 11) is 0. The summed E-state index contributed by atoms with van der Waals surface area (Å²) in [6.45, 7) is 2.49. The Morgan fingerprint density at radius 1 is 1.17 bits per heavy atom. The second-order valence-corrected chi connectivity index (χ2v) is 8.82. The Kier molecular flexibility index (Phi) is 6.74. The van der Waals surface area contributed by atoms with Crippen molar-refractivity contribution in [3.63, 3.8) is 0 Å². The molecule has 1 fully saturated rings. The Bertz CT molecular complexity index is 875. The number of rotatable bonds is 7. The van der Waals surface area contributed by atoms with Crippen molar-refractivity contribution in [2.45, 2.75) is 25.9 Å². The second kappa shape index (κ2) is 9.84. The van der Waals surface area contributed by atoms with Gasteiger partial charge in [-0.25, -0.2) is 9.78 Å². The molecule has 2 aromatic heterocycles. The molecular formula is C21H23N3O3S2. The maximum Gasteiger partial charge on any atom is 0.410 e. The first-order valence-electron chi connectivity index (χ1n) is 9.70. The minimum Gasteiger partial charge on any atom is -0.494 e. The van der Waals surface area contributed by atoms with Crippen LogP contribution >= 0.6 is 22.7 Å². The Morgan fingerprint density at radius 3 is 2.69 bits per heavy atom. The van der Waals surface area contributed by atoms with Gasteiger partial charge in [0.1, 0.15) is 17.4 Å². The van der Waals surface area contributed by atoms with Crippen LogP contribution in [0.25, 0.3) is 10.6 Å². The number of thiazole rings is 2. The highest BCUT2D eigenvalue weighted by Crippen LogP contribution is 2.25. The van der Waals surface area contributed by atoms with Crippen molar-refractivity contribution in [2.24, 2.45) is 5.92 Å². The molecule has 0 N–H and O–H groups in total. The lowest BCUT2D eigenvalue weighted by atomic mass is 9.94. The summed E-state index contributed by atoms with van der Waals surface area (Å²) in [6.07, 6.45) is 6.29. The fraction of sp³-hybridized carbons (Fsp3) is 0.381. The van der Waals surface area contributed by atoms with E-state index in [1.54, 1.807) is 27.9 Å². The van der Waals surface area contributed by atoms with Crippen LogP contribution in [0.4, 0.5) is 4.79 Å². The summed E-state index contributed by atoms with van der Waals surface area (Å²) in [4.78, 5) is 23.2. The van der Waals surface area contributed by atoms with E-state index in [-0.39, 0.29) is 6.09 Å². The summed E-state index contributed by atoms with van der Waals surface area (Å²) in [6, 6.07) is 8.09. The van der Waals surface area contributed by atoms with Crippen LogP contribution in [0.15, 0.2) is 47.5 Å². The Labute approximate surface area is 178 Å². The summed E-state index contributed by atoms with van der Waals surface area (Å²) < 4.78 is 11.3. The van der Waals surface area contributed by atoms with E-state index in [4.69, 9.17) is 9.47 Å². The zero-order valence-corrected chi connectivity index (χ0v) is 17.7. The number of hydrogen-bond donors (Lipinski definition) is 0. The van der Waals surface area contributed by atoms with Crippen molar-refractivity contribution >= 4 is 28.8 Å². The van der Waals surface area contributed by atoms with Crippen molar-refractivity contribution in [3.8, 4) is 16.3 Å². The van der Waals surface area contributed by atoms with Crippen LogP contribution in [0.3, 0.4) is 0 Å². The van der Waals surface area contributed by atoms with Gasteiger partial charge in [-0.1, -0.05) is 0 Å². The van der Waals surface area contributed by atoms with Gasteiger partial charge in [0.2, 0.25) is 0 Å². The number of likely N-dealkylation sites (tertiary alicyclic amines) is 1. The molecule has 3 heterocycles. The summed E-state index contributed by atoms with van der Waals surface area (Å²) in [5.41, 5.74) is 2.86. The van der Waals surface area contributed by atoms with Gasteiger partial charge in [-0.15, -0.1) is 22.7 Å². The Balaban J connectivity index is 1.14. The molecule has 1 amide bonds. The highest BCUT2D eigenvalue weighted by Gasteiger charge is 2.23. The number of ether oxygens (including phenoxy) is 2. The van der Waals surface area contributed by atoms with Crippen molar-refractivity contribution in [1.82, 2.24) is 14.9 Å². The van der Waals surface area contributed by atoms with Gasteiger partial charge in [0.15, 0.2) is 0 Å². The zero-order chi connectivity index (χ0) is 19.9. The van der Waals surface area contributed by atoms with Crippen molar-refractivity contribution < 1.29 is 14.3 Å². The first-order chi connectivity index (χ1) is 14.3. The third kappa shape index (κ3) is 5.55. The molecule has 1 aromatic carbocycles. The highest BCUT2D eigenvalue weighted by molar-refractivity contribution is 7.13. The highest BCUT2D eigenvalue weighted by atomic mass is 32.1. The molecule has 0 unspecified atom stereocenters. The molecule has 4 rings (SSSR count). The van der Waals surface area contributed by atoms with Crippen LogP contribution < -0.4 is 4.74 Å². The van der Waals surface area contributed by atoms with Crippen LogP contribution in [0, 0.1) is 5.92 Å². The molecule has 0 bridgehead atoms. The van der Waals surface area contributed by atoms with Gasteiger partial charge in [0.05, 0.1) is 17.0 Å². The van der Waals surface area contributed by atoms with E-state index >= 15 is 0 Å². The van der Waals surface area contributed by atoms with Gasteiger partial charge >= 0.3 is 6.09 Å². The molecule has 1 aliphatic heterocycles. The first-order valence-corrected chi connectivity index (χ1v) is 11.5. The van der Waals surface area contributed by atoms with E-state index < -0.39 is 0 Å². The van der Waals surface area contributed by atoms with Crippen LogP contribution in [0.2, 0.25) is 0 Å². The smallest absolute Gasteiger partial charge is 0.410 e. The zero-order valence-electron chi connectivity index (χ0n) is 16.0. The second-order valence-electron chi connectivity index (χ2n) is 6.95. The van der Waals surface area contributed by atoms with Gasteiger partial charge in [-0.05, 0) is 49.4 Å². The molecule has 8 heteroatoms. The average molecular weight is 430 g/mol. The molecule has 6 nitrogen and oxygen atoms in total. The van der Waals surface area contributed by atoms with Gasteiger partial charge < -0.3 is 14.4 Å². The molecule has 1 saturated heterocycles. The number of nitrogens with zero attached hydrogens (tertiary/aromatic N) is 3. The molecule has 0 saturated carbocycles. The molecule has 1 aliphatic rings.